The maximum Gasteiger partial charge on any atom is 0.338 e. The van der Waals surface area contributed by atoms with Crippen molar-refractivity contribution in [3.63, 3.8) is 0 Å². The van der Waals surface area contributed by atoms with Crippen LogP contribution in [-0.2, 0) is 9.47 Å². The van der Waals surface area contributed by atoms with Crippen LogP contribution in [0.1, 0.15) is 47.4 Å². The number of amides is 1. The van der Waals surface area contributed by atoms with Gasteiger partial charge in [0.1, 0.15) is 0 Å². The van der Waals surface area contributed by atoms with Crippen molar-refractivity contribution >= 4 is 17.6 Å². The largest absolute Gasteiger partial charge is 0.462 e. The van der Waals surface area contributed by atoms with Crippen LogP contribution in [0.5, 0.6) is 0 Å². The lowest BCUT2D eigenvalue weighted by Gasteiger charge is -2.32. The predicted octanol–water partition coefficient (Wildman–Crippen LogP) is 2.41. The van der Waals surface area contributed by atoms with Gasteiger partial charge >= 0.3 is 5.97 Å². The van der Waals surface area contributed by atoms with Crippen LogP contribution in [0.25, 0.3) is 0 Å². The van der Waals surface area contributed by atoms with Crippen molar-refractivity contribution in [3.05, 3.63) is 39.4 Å². The van der Waals surface area contributed by atoms with Crippen LogP contribution in [-0.4, -0.2) is 54.1 Å². The smallest absolute Gasteiger partial charge is 0.338 e. The summed E-state index contributed by atoms with van der Waals surface area (Å²) in [5.74, 6) is -1.04. The number of nitro benzene ring substituents is 1. The fraction of sp³-hybridized carbons (Fsp3) is 0.529. The standard InChI is InChI=1S/C17H22N2O6/c1-3-24-15-6-5-7-18(11-15)16(20)12-8-13(17(21)25-4-2)10-14(9-12)19(22)23/h8-10,15H,3-7,11H2,1-2H3. The van der Waals surface area contributed by atoms with E-state index in [1.807, 2.05) is 6.92 Å². The molecular weight excluding hydrogens is 328 g/mol. The van der Waals surface area contributed by atoms with E-state index in [2.05, 4.69) is 0 Å². The Morgan fingerprint density at radius 2 is 1.96 bits per heavy atom. The number of likely N-dealkylation sites (tertiary alicyclic amines) is 1. The molecule has 1 heterocycles. The second-order valence-corrected chi connectivity index (χ2v) is 5.72. The van der Waals surface area contributed by atoms with Crippen LogP contribution in [0.2, 0.25) is 0 Å². The van der Waals surface area contributed by atoms with Gasteiger partial charge in [-0.3, -0.25) is 14.9 Å². The van der Waals surface area contributed by atoms with Crippen molar-refractivity contribution in [1.29, 1.82) is 0 Å². The minimum Gasteiger partial charge on any atom is -0.462 e. The number of rotatable bonds is 6. The highest BCUT2D eigenvalue weighted by atomic mass is 16.6. The van der Waals surface area contributed by atoms with E-state index >= 15 is 0 Å². The van der Waals surface area contributed by atoms with Crippen LogP contribution in [0.15, 0.2) is 18.2 Å². The molecule has 0 aromatic heterocycles. The molecule has 1 fully saturated rings. The highest BCUT2D eigenvalue weighted by Crippen LogP contribution is 2.22. The number of non-ortho nitro benzene ring substituents is 1. The molecular formula is C17H22N2O6. The number of nitro groups is 1. The first-order valence-corrected chi connectivity index (χ1v) is 8.33. The molecule has 2 rings (SSSR count). The first kappa shape index (κ1) is 18.9. The summed E-state index contributed by atoms with van der Waals surface area (Å²) in [6.07, 6.45) is 1.64. The topological polar surface area (TPSA) is 99.0 Å². The molecule has 1 unspecified atom stereocenters. The Kier molecular flexibility index (Phi) is 6.46. The summed E-state index contributed by atoms with van der Waals surface area (Å²) in [5.41, 5.74) is -0.209. The van der Waals surface area contributed by atoms with Gasteiger partial charge in [0.05, 0.1) is 23.2 Å². The Hall–Kier alpha value is -2.48. The summed E-state index contributed by atoms with van der Waals surface area (Å²) >= 11 is 0. The average molecular weight is 350 g/mol. The zero-order valence-electron chi connectivity index (χ0n) is 14.4. The molecule has 8 heteroatoms. The minimum atomic E-state index is -0.689. The molecule has 0 spiro atoms. The molecule has 0 saturated carbocycles. The second-order valence-electron chi connectivity index (χ2n) is 5.72. The van der Waals surface area contributed by atoms with Crippen molar-refractivity contribution in [2.24, 2.45) is 0 Å². The first-order valence-electron chi connectivity index (χ1n) is 8.33. The van der Waals surface area contributed by atoms with Gasteiger partial charge in [-0.2, -0.15) is 0 Å². The van der Waals surface area contributed by atoms with Crippen molar-refractivity contribution in [2.45, 2.75) is 32.8 Å². The molecule has 25 heavy (non-hydrogen) atoms. The molecule has 1 aliphatic heterocycles. The molecule has 1 saturated heterocycles. The number of carbonyl (C=O) groups excluding carboxylic acids is 2. The normalized spacial score (nSPS) is 17.2. The molecule has 136 valence electrons. The molecule has 0 radical (unpaired) electrons. The van der Waals surface area contributed by atoms with E-state index in [0.29, 0.717) is 19.7 Å². The SMILES string of the molecule is CCOC(=O)c1cc(C(=O)N2CCCC(OCC)C2)cc([N+](=O)[O-])c1. The number of esters is 1. The quantitative estimate of drug-likeness (QED) is 0.444. The van der Waals surface area contributed by atoms with E-state index in [1.165, 1.54) is 12.1 Å². The Bertz CT molecular complexity index is 659. The number of hydrogen-bond donors (Lipinski definition) is 0. The Labute approximate surface area is 145 Å². The van der Waals surface area contributed by atoms with Gasteiger partial charge in [-0.15, -0.1) is 0 Å². The molecule has 1 aromatic rings. The van der Waals surface area contributed by atoms with Crippen LogP contribution >= 0.6 is 0 Å². The zero-order chi connectivity index (χ0) is 18.4. The highest BCUT2D eigenvalue weighted by Gasteiger charge is 2.27. The number of benzene rings is 1. The maximum absolute atomic E-state index is 12.8. The Morgan fingerprint density at radius 3 is 2.60 bits per heavy atom. The molecule has 0 aliphatic carbocycles. The summed E-state index contributed by atoms with van der Waals surface area (Å²) in [6, 6.07) is 3.65. The van der Waals surface area contributed by atoms with Gasteiger partial charge in [0.25, 0.3) is 11.6 Å². The average Bonchev–Trinajstić information content (AvgIpc) is 2.61. The van der Waals surface area contributed by atoms with Crippen LogP contribution in [0, 0.1) is 10.1 Å². The van der Waals surface area contributed by atoms with Crippen molar-refractivity contribution in [3.8, 4) is 0 Å². The molecule has 1 atom stereocenters. The number of piperidine rings is 1. The molecule has 0 N–H and O–H groups in total. The number of ether oxygens (including phenoxy) is 2. The summed E-state index contributed by atoms with van der Waals surface area (Å²) in [7, 11) is 0. The summed E-state index contributed by atoms with van der Waals surface area (Å²) in [5, 5.41) is 11.1. The molecule has 1 aliphatic rings. The van der Waals surface area contributed by atoms with E-state index < -0.39 is 10.9 Å². The monoisotopic (exact) mass is 350 g/mol. The fourth-order valence-electron chi connectivity index (χ4n) is 2.85. The van der Waals surface area contributed by atoms with Gasteiger partial charge in [-0.05, 0) is 32.8 Å². The molecule has 1 amide bonds. The lowest BCUT2D eigenvalue weighted by molar-refractivity contribution is -0.384. The van der Waals surface area contributed by atoms with E-state index in [-0.39, 0.29) is 35.4 Å². The number of hydrogen-bond acceptors (Lipinski definition) is 6. The van der Waals surface area contributed by atoms with E-state index in [9.17, 15) is 19.7 Å². The third-order valence-electron chi connectivity index (χ3n) is 3.95. The molecule has 1 aromatic carbocycles. The predicted molar refractivity (Wildman–Crippen MR) is 89.6 cm³/mol. The first-order chi connectivity index (χ1) is 12.0. The lowest BCUT2D eigenvalue weighted by atomic mass is 10.0. The third kappa shape index (κ3) is 4.76. The second kappa shape index (κ2) is 8.57. The zero-order valence-corrected chi connectivity index (χ0v) is 14.4. The van der Waals surface area contributed by atoms with Gasteiger partial charge in [0.2, 0.25) is 0 Å². The Morgan fingerprint density at radius 1 is 1.24 bits per heavy atom. The fourth-order valence-corrected chi connectivity index (χ4v) is 2.85. The van der Waals surface area contributed by atoms with E-state index in [1.54, 1.807) is 11.8 Å². The third-order valence-corrected chi connectivity index (χ3v) is 3.95. The number of nitrogens with zero attached hydrogens (tertiary/aromatic N) is 2. The maximum atomic E-state index is 12.8. The lowest BCUT2D eigenvalue weighted by Crippen LogP contribution is -2.43. The van der Waals surface area contributed by atoms with E-state index in [0.717, 1.165) is 18.9 Å². The summed E-state index contributed by atoms with van der Waals surface area (Å²) < 4.78 is 10.5. The summed E-state index contributed by atoms with van der Waals surface area (Å²) in [4.78, 5) is 36.8. The van der Waals surface area contributed by atoms with Crippen LogP contribution < -0.4 is 0 Å². The summed E-state index contributed by atoms with van der Waals surface area (Å²) in [6.45, 7) is 5.24. The van der Waals surface area contributed by atoms with Crippen LogP contribution in [0.3, 0.4) is 0 Å². The molecule has 0 bridgehead atoms. The Balaban J connectivity index is 2.28. The van der Waals surface area contributed by atoms with Gasteiger partial charge in [-0.25, -0.2) is 4.79 Å². The highest BCUT2D eigenvalue weighted by molar-refractivity contribution is 5.99. The van der Waals surface area contributed by atoms with Gasteiger partial charge in [-0.1, -0.05) is 0 Å². The van der Waals surface area contributed by atoms with Crippen molar-refractivity contribution in [1.82, 2.24) is 4.90 Å². The van der Waals surface area contributed by atoms with Crippen LogP contribution in [0.4, 0.5) is 5.69 Å². The van der Waals surface area contributed by atoms with Gasteiger partial charge in [0.15, 0.2) is 0 Å². The van der Waals surface area contributed by atoms with Crippen molar-refractivity contribution in [2.75, 3.05) is 26.3 Å². The van der Waals surface area contributed by atoms with Crippen molar-refractivity contribution < 1.29 is 24.0 Å². The van der Waals surface area contributed by atoms with Gasteiger partial charge in [0, 0.05) is 37.4 Å². The minimum absolute atomic E-state index is 0.00207. The van der Waals surface area contributed by atoms with E-state index in [4.69, 9.17) is 9.47 Å². The molecule has 8 nitrogen and oxygen atoms in total. The number of carbonyl (C=O) groups is 2. The van der Waals surface area contributed by atoms with Gasteiger partial charge < -0.3 is 14.4 Å².